The summed E-state index contributed by atoms with van der Waals surface area (Å²) >= 11 is 0. The molecule has 206 valence electrons. The number of halogens is 1. The van der Waals surface area contributed by atoms with E-state index in [1.54, 1.807) is 12.2 Å². The van der Waals surface area contributed by atoms with E-state index in [1.807, 2.05) is 39.1 Å². The summed E-state index contributed by atoms with van der Waals surface area (Å²) in [4.78, 5) is 28.2. The van der Waals surface area contributed by atoms with Gasteiger partial charge in [0.15, 0.2) is 17.2 Å². The van der Waals surface area contributed by atoms with Crippen LogP contribution < -0.4 is 0 Å². The van der Waals surface area contributed by atoms with Gasteiger partial charge in [-0.3, -0.25) is 9.59 Å². The maximum Gasteiger partial charge on any atom is 0.178 e. The second kappa shape index (κ2) is 9.21. The quantitative estimate of drug-likeness (QED) is 0.573. The highest BCUT2D eigenvalue weighted by molar-refractivity contribution is 6.01. The van der Waals surface area contributed by atoms with E-state index in [9.17, 15) is 19.8 Å². The lowest BCUT2D eigenvalue weighted by Crippen LogP contribution is -2.69. The number of nitrogens with zero attached hydrogens (tertiary/aromatic N) is 1. The highest BCUT2D eigenvalue weighted by Crippen LogP contribution is 2.73. The third-order valence-corrected chi connectivity index (χ3v) is 11.3. The van der Waals surface area contributed by atoms with Gasteiger partial charge >= 0.3 is 0 Å². The minimum absolute atomic E-state index is 0.0167. The number of benzene rings is 1. The van der Waals surface area contributed by atoms with Crippen LogP contribution in [0.2, 0.25) is 0 Å². The lowest BCUT2D eigenvalue weighted by atomic mass is 9.42. The van der Waals surface area contributed by atoms with Gasteiger partial charge in [-0.15, -0.1) is 0 Å². The number of aliphatic hydroxyl groups is 2. The molecule has 3 saturated carbocycles. The van der Waals surface area contributed by atoms with Crippen LogP contribution in [0.4, 0.5) is 4.39 Å². The van der Waals surface area contributed by atoms with Crippen LogP contribution in [0.5, 0.6) is 0 Å². The van der Waals surface area contributed by atoms with Gasteiger partial charge in [0.1, 0.15) is 6.61 Å². The average Bonchev–Trinajstić information content (AvgIpc) is 3.09. The number of hydrogen-bond donors (Lipinski definition) is 2. The third kappa shape index (κ3) is 3.52. The molecule has 3 fully saturated rings. The van der Waals surface area contributed by atoms with Crippen molar-refractivity contribution in [2.45, 2.75) is 65.3 Å². The first kappa shape index (κ1) is 27.4. The van der Waals surface area contributed by atoms with Crippen molar-refractivity contribution in [3.8, 4) is 0 Å². The molecule has 1 unspecified atom stereocenters. The van der Waals surface area contributed by atoms with Gasteiger partial charge in [-0.25, -0.2) is 4.39 Å². The fraction of sp³-hybridized carbons (Fsp3) is 0.625. The summed E-state index contributed by atoms with van der Waals surface area (Å²) in [5.41, 5.74) is -2.74. The minimum Gasteiger partial charge on any atom is -0.390 e. The Morgan fingerprint density at radius 3 is 2.47 bits per heavy atom. The summed E-state index contributed by atoms with van der Waals surface area (Å²) in [6.07, 6.45) is 4.70. The molecular formula is C32H42FNO4. The van der Waals surface area contributed by atoms with Crippen molar-refractivity contribution in [2.24, 2.45) is 39.9 Å². The SMILES string of the molecule is C[C@@H]1CC2[C@@H]3C[C@H](C)C4=CC(=O)C=C[C@]4(C)[C@@]3(F)[C@@H](O)C[C@]2(C)[C@@]1(CN(C)Cc1ccccc1)C(=O)CO. The summed E-state index contributed by atoms with van der Waals surface area (Å²) in [6.45, 7) is 8.52. The van der Waals surface area contributed by atoms with Crippen molar-refractivity contribution in [3.05, 3.63) is 59.7 Å². The summed E-state index contributed by atoms with van der Waals surface area (Å²) in [5.74, 6) is -1.07. The van der Waals surface area contributed by atoms with Gasteiger partial charge in [0.2, 0.25) is 0 Å². The minimum atomic E-state index is -1.94. The van der Waals surface area contributed by atoms with Crippen molar-refractivity contribution < 1.29 is 24.2 Å². The van der Waals surface area contributed by atoms with Gasteiger partial charge in [0.05, 0.1) is 11.5 Å². The number of carbonyl (C=O) groups is 2. The van der Waals surface area contributed by atoms with E-state index >= 15 is 4.39 Å². The van der Waals surface area contributed by atoms with Crippen LogP contribution in [0.15, 0.2) is 54.1 Å². The molecular weight excluding hydrogens is 481 g/mol. The van der Waals surface area contributed by atoms with E-state index in [4.69, 9.17) is 0 Å². The Bertz CT molecular complexity index is 1180. The van der Waals surface area contributed by atoms with E-state index in [0.29, 0.717) is 25.9 Å². The second-order valence-electron chi connectivity index (χ2n) is 13.1. The Morgan fingerprint density at radius 1 is 1.13 bits per heavy atom. The Labute approximate surface area is 225 Å². The Kier molecular flexibility index (Phi) is 6.64. The van der Waals surface area contributed by atoms with Crippen LogP contribution in [0.25, 0.3) is 0 Å². The molecule has 0 bridgehead atoms. The van der Waals surface area contributed by atoms with Gasteiger partial charge in [0, 0.05) is 24.4 Å². The fourth-order valence-electron chi connectivity index (χ4n) is 9.58. The molecule has 4 aliphatic carbocycles. The molecule has 0 amide bonds. The number of carbonyl (C=O) groups excluding carboxylic acids is 2. The van der Waals surface area contributed by atoms with E-state index < -0.39 is 40.5 Å². The largest absolute Gasteiger partial charge is 0.390 e. The zero-order chi connectivity index (χ0) is 27.7. The van der Waals surface area contributed by atoms with Gasteiger partial charge in [-0.2, -0.15) is 0 Å². The Morgan fingerprint density at radius 2 is 1.82 bits per heavy atom. The van der Waals surface area contributed by atoms with Crippen LogP contribution in [0.3, 0.4) is 0 Å². The Balaban J connectivity index is 1.57. The van der Waals surface area contributed by atoms with Crippen LogP contribution >= 0.6 is 0 Å². The number of allylic oxidation sites excluding steroid dienone is 4. The molecule has 0 heterocycles. The summed E-state index contributed by atoms with van der Waals surface area (Å²) < 4.78 is 17.7. The van der Waals surface area contributed by atoms with Crippen LogP contribution in [-0.4, -0.2) is 58.7 Å². The Hall–Kier alpha value is -2.15. The number of ketones is 2. The molecule has 0 radical (unpaired) electrons. The second-order valence-corrected chi connectivity index (χ2v) is 13.1. The predicted octanol–water partition coefficient (Wildman–Crippen LogP) is 4.53. The van der Waals surface area contributed by atoms with Crippen LogP contribution in [-0.2, 0) is 16.1 Å². The van der Waals surface area contributed by atoms with Crippen molar-refractivity contribution in [1.29, 1.82) is 0 Å². The molecule has 0 aliphatic heterocycles. The maximum absolute atomic E-state index is 17.7. The zero-order valence-electron chi connectivity index (χ0n) is 23.3. The van der Waals surface area contributed by atoms with Crippen molar-refractivity contribution in [2.75, 3.05) is 20.2 Å². The first-order chi connectivity index (χ1) is 17.8. The lowest BCUT2D eigenvalue weighted by molar-refractivity contribution is -0.212. The normalized spacial score (nSPS) is 43.9. The van der Waals surface area contributed by atoms with Crippen molar-refractivity contribution >= 4 is 11.6 Å². The molecule has 0 saturated heterocycles. The topological polar surface area (TPSA) is 77.8 Å². The summed E-state index contributed by atoms with van der Waals surface area (Å²) in [6, 6.07) is 10.1. The molecule has 0 spiro atoms. The van der Waals surface area contributed by atoms with Gasteiger partial charge in [-0.1, -0.05) is 62.8 Å². The number of Topliss-reactive ketones (excluding diaryl/α,β-unsaturated/α-hetero) is 1. The maximum atomic E-state index is 17.7. The number of fused-ring (bicyclic) bond motifs is 5. The summed E-state index contributed by atoms with van der Waals surface area (Å²) in [5, 5.41) is 22.0. The number of aliphatic hydroxyl groups excluding tert-OH is 2. The molecule has 6 heteroatoms. The molecule has 1 aromatic rings. The average molecular weight is 524 g/mol. The molecule has 38 heavy (non-hydrogen) atoms. The standard InChI is InChI=1S/C32H42FNO4/c1-20-13-26-25-14-21(2)31(28(38)18-35,19-34(5)17-22-9-7-6-8-10-22)30(25,4)16-27(37)32(26,33)29(3)12-11-23(36)15-24(20)29/h6-12,15,20-21,25-27,35,37H,13-14,16-19H2,1-5H3/t20-,21+,25?,26-,27-,29-,30-,31+,32-/m0/s1. The first-order valence-electron chi connectivity index (χ1n) is 14.0. The molecule has 0 aromatic heterocycles. The predicted molar refractivity (Wildman–Crippen MR) is 145 cm³/mol. The van der Waals surface area contributed by atoms with E-state index in [0.717, 1.165) is 11.1 Å². The van der Waals surface area contributed by atoms with E-state index in [1.165, 1.54) is 6.08 Å². The van der Waals surface area contributed by atoms with E-state index in [-0.39, 0.29) is 35.7 Å². The van der Waals surface area contributed by atoms with Gasteiger partial charge < -0.3 is 15.1 Å². The lowest BCUT2D eigenvalue weighted by Gasteiger charge is -2.64. The van der Waals surface area contributed by atoms with Crippen molar-refractivity contribution in [3.63, 3.8) is 0 Å². The highest BCUT2D eigenvalue weighted by Gasteiger charge is 2.76. The smallest absolute Gasteiger partial charge is 0.178 e. The van der Waals surface area contributed by atoms with E-state index in [2.05, 4.69) is 30.9 Å². The summed E-state index contributed by atoms with van der Waals surface area (Å²) in [7, 11) is 1.99. The van der Waals surface area contributed by atoms with Crippen molar-refractivity contribution in [1.82, 2.24) is 4.90 Å². The third-order valence-electron chi connectivity index (χ3n) is 11.3. The van der Waals surface area contributed by atoms with Crippen LogP contribution in [0, 0.1) is 39.9 Å². The molecule has 4 aliphatic rings. The number of rotatable bonds is 6. The number of hydrogen-bond acceptors (Lipinski definition) is 5. The highest BCUT2D eigenvalue weighted by atomic mass is 19.1. The monoisotopic (exact) mass is 523 g/mol. The molecule has 9 atom stereocenters. The first-order valence-corrected chi connectivity index (χ1v) is 14.0. The molecule has 1 aromatic carbocycles. The molecule has 5 nitrogen and oxygen atoms in total. The fourth-order valence-corrected chi connectivity index (χ4v) is 9.58. The number of alkyl halides is 1. The van der Waals surface area contributed by atoms with Crippen LogP contribution in [0.1, 0.15) is 52.5 Å². The molecule has 2 N–H and O–H groups in total. The zero-order valence-corrected chi connectivity index (χ0v) is 23.3. The molecule has 5 rings (SSSR count). The van der Waals surface area contributed by atoms with Gasteiger partial charge in [-0.05, 0) is 74.1 Å². The van der Waals surface area contributed by atoms with Gasteiger partial charge in [0.25, 0.3) is 0 Å².